The van der Waals surface area contributed by atoms with Gasteiger partial charge in [0.1, 0.15) is 0 Å². The van der Waals surface area contributed by atoms with Crippen LogP contribution in [-0.2, 0) is 24.9 Å². The highest BCUT2D eigenvalue weighted by atomic mass is 16.1. The molecule has 0 unspecified atom stereocenters. The molecular formula is C32H43N7O2. The monoisotopic (exact) mass is 557 g/mol. The molecule has 9 heteroatoms. The Balaban J connectivity index is 1.46. The highest BCUT2D eigenvalue weighted by molar-refractivity contribution is 6.07. The number of carbonyl (C=O) groups is 2. The molecule has 4 aromatic rings. The first-order chi connectivity index (χ1) is 19.7. The number of ketones is 1. The number of unbranched alkanes of at least 4 members (excludes halogenated alkanes) is 2. The van der Waals surface area contributed by atoms with Gasteiger partial charge in [0, 0.05) is 55.2 Å². The Morgan fingerprint density at radius 1 is 1.07 bits per heavy atom. The normalized spacial score (nSPS) is 11.6. The number of aromatic nitrogens is 5. The van der Waals surface area contributed by atoms with E-state index >= 15 is 0 Å². The van der Waals surface area contributed by atoms with Gasteiger partial charge in [0.25, 0.3) is 0 Å². The van der Waals surface area contributed by atoms with Crippen molar-refractivity contribution in [2.24, 2.45) is 7.05 Å². The molecule has 9 nitrogen and oxygen atoms in total. The minimum Gasteiger partial charge on any atom is -0.350 e. The minimum absolute atomic E-state index is 0.0323. The Morgan fingerprint density at radius 3 is 2.61 bits per heavy atom. The molecule has 41 heavy (non-hydrogen) atoms. The SMILES string of the molecule is CCCCN(C)Cc1cccc(-c2cc(C(=O)CCCCC(=O)NCc3ccn(C)n3)c3cnn(C(C)C)c3n2)c1. The molecular weight excluding hydrogens is 514 g/mol. The Labute approximate surface area is 242 Å². The van der Waals surface area contributed by atoms with Gasteiger partial charge in [-0.2, -0.15) is 10.2 Å². The maximum Gasteiger partial charge on any atom is 0.220 e. The number of amides is 1. The van der Waals surface area contributed by atoms with Gasteiger partial charge in [-0.1, -0.05) is 31.5 Å². The summed E-state index contributed by atoms with van der Waals surface area (Å²) in [6, 6.07) is 12.3. The molecule has 1 amide bonds. The van der Waals surface area contributed by atoms with E-state index in [0.29, 0.717) is 37.8 Å². The number of hydrogen-bond acceptors (Lipinski definition) is 6. The van der Waals surface area contributed by atoms with Gasteiger partial charge in [-0.25, -0.2) is 9.67 Å². The van der Waals surface area contributed by atoms with Crippen LogP contribution in [0.4, 0.5) is 0 Å². The topological polar surface area (TPSA) is 97.9 Å². The van der Waals surface area contributed by atoms with Crippen molar-refractivity contribution in [2.75, 3.05) is 13.6 Å². The van der Waals surface area contributed by atoms with Gasteiger partial charge in [0.05, 0.1) is 24.1 Å². The zero-order chi connectivity index (χ0) is 29.4. The van der Waals surface area contributed by atoms with Crippen molar-refractivity contribution in [3.63, 3.8) is 0 Å². The fraction of sp³-hybridized carbons (Fsp3) is 0.469. The van der Waals surface area contributed by atoms with E-state index in [0.717, 1.165) is 41.1 Å². The van der Waals surface area contributed by atoms with E-state index in [1.807, 2.05) is 30.1 Å². The van der Waals surface area contributed by atoms with Crippen LogP contribution in [0.25, 0.3) is 22.3 Å². The number of Topliss-reactive ketones (excluding diaryl/α,β-unsaturated/α-hetero) is 1. The number of hydrogen-bond donors (Lipinski definition) is 1. The smallest absolute Gasteiger partial charge is 0.220 e. The van der Waals surface area contributed by atoms with E-state index in [2.05, 4.69) is 72.5 Å². The van der Waals surface area contributed by atoms with Crippen LogP contribution in [0.15, 0.2) is 48.8 Å². The summed E-state index contributed by atoms with van der Waals surface area (Å²) in [4.78, 5) is 33.1. The lowest BCUT2D eigenvalue weighted by Gasteiger charge is -2.17. The summed E-state index contributed by atoms with van der Waals surface area (Å²) in [5.41, 5.74) is 5.17. The molecule has 0 atom stereocenters. The summed E-state index contributed by atoms with van der Waals surface area (Å²) in [5, 5.41) is 12.5. The number of aryl methyl sites for hydroxylation is 1. The quantitative estimate of drug-likeness (QED) is 0.149. The Bertz CT molecular complexity index is 1470. The van der Waals surface area contributed by atoms with Gasteiger partial charge in [0.2, 0.25) is 5.91 Å². The summed E-state index contributed by atoms with van der Waals surface area (Å²) in [6.07, 6.45) is 7.96. The van der Waals surface area contributed by atoms with Crippen molar-refractivity contribution < 1.29 is 9.59 Å². The molecule has 0 radical (unpaired) electrons. The molecule has 3 aromatic heterocycles. The van der Waals surface area contributed by atoms with E-state index in [1.54, 1.807) is 10.9 Å². The van der Waals surface area contributed by atoms with Crippen LogP contribution < -0.4 is 5.32 Å². The van der Waals surface area contributed by atoms with Gasteiger partial charge in [-0.15, -0.1) is 0 Å². The van der Waals surface area contributed by atoms with Crippen LogP contribution in [0.5, 0.6) is 0 Å². The average molecular weight is 558 g/mol. The lowest BCUT2D eigenvalue weighted by molar-refractivity contribution is -0.121. The van der Waals surface area contributed by atoms with Crippen LogP contribution in [0, 0.1) is 0 Å². The van der Waals surface area contributed by atoms with E-state index in [9.17, 15) is 9.59 Å². The number of carbonyl (C=O) groups excluding carboxylic acids is 2. The van der Waals surface area contributed by atoms with Crippen LogP contribution in [0.1, 0.15) is 87.0 Å². The Hall–Kier alpha value is -3.85. The second kappa shape index (κ2) is 14.2. The standard InChI is InChI=1S/C32H43N7O2/c1-6-7-16-37(4)22-24-11-10-12-25(18-24)29-19-27(28-21-34-39(23(2)3)32(28)35-29)30(40)13-8-9-14-31(41)33-20-26-15-17-38(5)36-26/h10-12,15,17-19,21,23H,6-9,13-14,16,20,22H2,1-5H3,(H,33,41). The number of pyridine rings is 1. The summed E-state index contributed by atoms with van der Waals surface area (Å²) in [5.74, 6) is 0.0152. The number of fused-ring (bicyclic) bond motifs is 1. The fourth-order valence-electron chi connectivity index (χ4n) is 4.96. The van der Waals surface area contributed by atoms with Crippen molar-refractivity contribution in [2.45, 2.75) is 78.4 Å². The molecule has 4 rings (SSSR count). The van der Waals surface area contributed by atoms with Gasteiger partial charge < -0.3 is 10.2 Å². The second-order valence-corrected chi connectivity index (χ2v) is 11.2. The van der Waals surface area contributed by atoms with Gasteiger partial charge in [-0.3, -0.25) is 14.3 Å². The molecule has 3 heterocycles. The molecule has 0 aliphatic rings. The third-order valence-electron chi connectivity index (χ3n) is 7.22. The first kappa shape index (κ1) is 30.1. The molecule has 0 fully saturated rings. The van der Waals surface area contributed by atoms with Crippen LogP contribution in [0.2, 0.25) is 0 Å². The number of benzene rings is 1. The predicted octanol–water partition coefficient (Wildman–Crippen LogP) is 5.70. The summed E-state index contributed by atoms with van der Waals surface area (Å²) >= 11 is 0. The fourth-order valence-corrected chi connectivity index (χ4v) is 4.96. The highest BCUT2D eigenvalue weighted by Gasteiger charge is 2.19. The lowest BCUT2D eigenvalue weighted by atomic mass is 9.99. The molecule has 0 saturated heterocycles. The van der Waals surface area contributed by atoms with E-state index in [1.165, 1.54) is 18.4 Å². The van der Waals surface area contributed by atoms with E-state index in [-0.39, 0.29) is 17.7 Å². The summed E-state index contributed by atoms with van der Waals surface area (Å²) in [7, 11) is 4.00. The first-order valence-corrected chi connectivity index (χ1v) is 14.7. The Kier molecular flexibility index (Phi) is 10.4. The van der Waals surface area contributed by atoms with Crippen molar-refractivity contribution in [1.82, 2.24) is 34.8 Å². The number of nitrogens with zero attached hydrogens (tertiary/aromatic N) is 6. The van der Waals surface area contributed by atoms with Crippen molar-refractivity contribution >= 4 is 22.7 Å². The van der Waals surface area contributed by atoms with Crippen molar-refractivity contribution in [3.05, 3.63) is 65.6 Å². The molecule has 218 valence electrons. The summed E-state index contributed by atoms with van der Waals surface area (Å²) in [6.45, 7) is 8.66. The minimum atomic E-state index is -0.0323. The summed E-state index contributed by atoms with van der Waals surface area (Å²) < 4.78 is 3.59. The average Bonchev–Trinajstić information content (AvgIpc) is 3.58. The van der Waals surface area contributed by atoms with Gasteiger partial charge in [0.15, 0.2) is 11.4 Å². The predicted molar refractivity (Wildman–Crippen MR) is 162 cm³/mol. The highest BCUT2D eigenvalue weighted by Crippen LogP contribution is 2.28. The third kappa shape index (κ3) is 8.10. The van der Waals surface area contributed by atoms with Crippen LogP contribution >= 0.6 is 0 Å². The lowest BCUT2D eigenvalue weighted by Crippen LogP contribution is -2.22. The molecule has 1 aromatic carbocycles. The molecule has 0 aliphatic heterocycles. The van der Waals surface area contributed by atoms with E-state index in [4.69, 9.17) is 4.98 Å². The first-order valence-electron chi connectivity index (χ1n) is 14.7. The van der Waals surface area contributed by atoms with Crippen LogP contribution in [-0.4, -0.2) is 54.7 Å². The van der Waals surface area contributed by atoms with Crippen molar-refractivity contribution in [3.8, 4) is 11.3 Å². The molecule has 0 bridgehead atoms. The van der Waals surface area contributed by atoms with E-state index < -0.39 is 0 Å². The van der Waals surface area contributed by atoms with Crippen molar-refractivity contribution in [1.29, 1.82) is 0 Å². The zero-order valence-corrected chi connectivity index (χ0v) is 25.1. The molecule has 0 saturated carbocycles. The number of rotatable bonds is 15. The van der Waals surface area contributed by atoms with Crippen LogP contribution in [0.3, 0.4) is 0 Å². The molecule has 1 N–H and O–H groups in total. The molecule has 0 spiro atoms. The van der Waals surface area contributed by atoms with Gasteiger partial charge >= 0.3 is 0 Å². The Morgan fingerprint density at radius 2 is 1.88 bits per heavy atom. The number of nitrogens with one attached hydrogen (secondary N) is 1. The largest absolute Gasteiger partial charge is 0.350 e. The zero-order valence-electron chi connectivity index (χ0n) is 25.1. The maximum absolute atomic E-state index is 13.5. The second-order valence-electron chi connectivity index (χ2n) is 11.2. The van der Waals surface area contributed by atoms with Gasteiger partial charge in [-0.05, 0) is 70.5 Å². The third-order valence-corrected chi connectivity index (χ3v) is 7.22. The maximum atomic E-state index is 13.5. The molecule has 0 aliphatic carbocycles.